The van der Waals surface area contributed by atoms with Crippen molar-refractivity contribution < 1.29 is 4.79 Å². The van der Waals surface area contributed by atoms with Gasteiger partial charge in [0.15, 0.2) is 0 Å². The quantitative estimate of drug-likeness (QED) is 0.522. The van der Waals surface area contributed by atoms with Crippen molar-refractivity contribution in [2.45, 2.75) is 25.8 Å². The molecule has 10 heavy (non-hydrogen) atoms. The third-order valence-electron chi connectivity index (χ3n) is 1.63. The summed E-state index contributed by atoms with van der Waals surface area (Å²) in [6.07, 6.45) is 2.14. The molecule has 0 radical (unpaired) electrons. The number of nitrogens with zero attached hydrogens (tertiary/aromatic N) is 2. The third kappa shape index (κ3) is 1.47. The first-order valence-corrected chi connectivity index (χ1v) is 3.40. The molecule has 1 rings (SSSR count). The molecule has 1 amide bonds. The SMILES string of the molecule is CC(=O)N(CC#N)C1CC1. The molecule has 0 atom stereocenters. The normalized spacial score (nSPS) is 16.0. The summed E-state index contributed by atoms with van der Waals surface area (Å²) < 4.78 is 0. The molecule has 3 nitrogen and oxygen atoms in total. The van der Waals surface area contributed by atoms with Gasteiger partial charge in [-0.05, 0) is 12.8 Å². The molecule has 0 N–H and O–H groups in total. The second kappa shape index (κ2) is 2.70. The topological polar surface area (TPSA) is 44.1 Å². The van der Waals surface area contributed by atoms with Crippen LogP contribution in [0.15, 0.2) is 0 Å². The van der Waals surface area contributed by atoms with E-state index in [4.69, 9.17) is 5.26 Å². The summed E-state index contributed by atoms with van der Waals surface area (Å²) in [5.74, 6) is 0.0176. The van der Waals surface area contributed by atoms with Crippen molar-refractivity contribution in [3.05, 3.63) is 0 Å². The molecule has 0 spiro atoms. The second-order valence-electron chi connectivity index (χ2n) is 2.54. The maximum atomic E-state index is 10.8. The van der Waals surface area contributed by atoms with Crippen LogP contribution >= 0.6 is 0 Å². The average molecular weight is 138 g/mol. The van der Waals surface area contributed by atoms with E-state index in [0.717, 1.165) is 12.8 Å². The van der Waals surface area contributed by atoms with Crippen molar-refractivity contribution in [3.63, 3.8) is 0 Å². The zero-order valence-corrected chi connectivity index (χ0v) is 6.00. The highest BCUT2D eigenvalue weighted by Gasteiger charge is 2.30. The van der Waals surface area contributed by atoms with Gasteiger partial charge in [-0.1, -0.05) is 0 Å². The molecule has 0 saturated heterocycles. The van der Waals surface area contributed by atoms with Gasteiger partial charge in [-0.3, -0.25) is 4.79 Å². The number of nitriles is 1. The first-order valence-electron chi connectivity index (χ1n) is 3.40. The highest BCUT2D eigenvalue weighted by atomic mass is 16.2. The standard InChI is InChI=1S/C7H10N2O/c1-6(10)9(5-4-8)7-2-3-7/h7H,2-3,5H2,1H3. The number of hydrogen-bond acceptors (Lipinski definition) is 2. The minimum atomic E-state index is 0.0176. The van der Waals surface area contributed by atoms with E-state index in [1.807, 2.05) is 6.07 Å². The van der Waals surface area contributed by atoms with Crippen molar-refractivity contribution in [1.29, 1.82) is 5.26 Å². The molecule has 3 heteroatoms. The highest BCUT2D eigenvalue weighted by Crippen LogP contribution is 2.26. The molecule has 1 saturated carbocycles. The van der Waals surface area contributed by atoms with Gasteiger partial charge in [0.25, 0.3) is 0 Å². The van der Waals surface area contributed by atoms with Gasteiger partial charge in [0.2, 0.25) is 5.91 Å². The Hall–Kier alpha value is -1.04. The van der Waals surface area contributed by atoms with E-state index in [1.165, 1.54) is 6.92 Å². The van der Waals surface area contributed by atoms with Crippen molar-refractivity contribution in [3.8, 4) is 6.07 Å². The second-order valence-corrected chi connectivity index (χ2v) is 2.54. The number of rotatable bonds is 2. The van der Waals surface area contributed by atoms with Crippen LogP contribution < -0.4 is 0 Å². The van der Waals surface area contributed by atoms with Gasteiger partial charge in [0.1, 0.15) is 6.54 Å². The van der Waals surface area contributed by atoms with Crippen LogP contribution in [0.25, 0.3) is 0 Å². The lowest BCUT2D eigenvalue weighted by molar-refractivity contribution is -0.128. The predicted octanol–water partition coefficient (Wildman–Crippen LogP) is 0.521. The molecule has 0 aromatic heterocycles. The Morgan fingerprint density at radius 2 is 2.40 bits per heavy atom. The Balaban J connectivity index is 2.43. The van der Waals surface area contributed by atoms with Crippen molar-refractivity contribution in [1.82, 2.24) is 4.90 Å². The lowest BCUT2D eigenvalue weighted by Gasteiger charge is -2.15. The first kappa shape index (κ1) is 7.07. The smallest absolute Gasteiger partial charge is 0.220 e. The van der Waals surface area contributed by atoms with Gasteiger partial charge >= 0.3 is 0 Å². The number of carbonyl (C=O) groups excluding carboxylic acids is 1. The zero-order chi connectivity index (χ0) is 7.56. The Morgan fingerprint density at radius 1 is 1.80 bits per heavy atom. The van der Waals surface area contributed by atoms with Gasteiger partial charge in [-0.2, -0.15) is 5.26 Å². The minimum absolute atomic E-state index is 0.0176. The van der Waals surface area contributed by atoms with Crippen LogP contribution in [-0.4, -0.2) is 23.4 Å². The van der Waals surface area contributed by atoms with E-state index in [0.29, 0.717) is 6.04 Å². The molecule has 0 unspecified atom stereocenters. The Labute approximate surface area is 60.2 Å². The summed E-state index contributed by atoms with van der Waals surface area (Å²) >= 11 is 0. The van der Waals surface area contributed by atoms with Crippen LogP contribution in [0.4, 0.5) is 0 Å². The highest BCUT2D eigenvalue weighted by molar-refractivity contribution is 5.74. The van der Waals surface area contributed by atoms with Gasteiger partial charge in [-0.15, -0.1) is 0 Å². The van der Waals surface area contributed by atoms with Crippen LogP contribution in [0.1, 0.15) is 19.8 Å². The molecule has 0 aromatic rings. The van der Waals surface area contributed by atoms with Crippen LogP contribution in [0.5, 0.6) is 0 Å². The zero-order valence-electron chi connectivity index (χ0n) is 6.00. The Morgan fingerprint density at radius 3 is 2.70 bits per heavy atom. The summed E-state index contributed by atoms with van der Waals surface area (Å²) in [5, 5.41) is 8.32. The molecule has 0 aromatic carbocycles. The van der Waals surface area contributed by atoms with E-state index in [-0.39, 0.29) is 12.5 Å². The van der Waals surface area contributed by atoms with Gasteiger partial charge in [0, 0.05) is 13.0 Å². The van der Waals surface area contributed by atoms with Crippen molar-refractivity contribution in [2.75, 3.05) is 6.54 Å². The molecular weight excluding hydrogens is 128 g/mol. The van der Waals surface area contributed by atoms with Crippen LogP contribution in [0, 0.1) is 11.3 Å². The van der Waals surface area contributed by atoms with E-state index in [1.54, 1.807) is 4.90 Å². The summed E-state index contributed by atoms with van der Waals surface area (Å²) in [6, 6.07) is 2.35. The molecule has 0 aliphatic heterocycles. The van der Waals surface area contributed by atoms with Gasteiger partial charge < -0.3 is 4.90 Å². The average Bonchev–Trinajstić information content (AvgIpc) is 2.63. The lowest BCUT2D eigenvalue weighted by atomic mass is 10.4. The summed E-state index contributed by atoms with van der Waals surface area (Å²) in [7, 11) is 0. The molecular formula is C7H10N2O. The van der Waals surface area contributed by atoms with Crippen LogP contribution in [0.2, 0.25) is 0 Å². The minimum Gasteiger partial charge on any atom is -0.327 e. The van der Waals surface area contributed by atoms with Gasteiger partial charge in [0.05, 0.1) is 6.07 Å². The molecule has 0 bridgehead atoms. The summed E-state index contributed by atoms with van der Waals surface area (Å²) in [5.41, 5.74) is 0. The molecule has 1 aliphatic rings. The van der Waals surface area contributed by atoms with Gasteiger partial charge in [-0.25, -0.2) is 0 Å². The fourth-order valence-corrected chi connectivity index (χ4v) is 0.960. The fraction of sp³-hybridized carbons (Fsp3) is 0.714. The molecule has 0 heterocycles. The summed E-state index contributed by atoms with van der Waals surface area (Å²) in [4.78, 5) is 12.4. The van der Waals surface area contributed by atoms with Crippen molar-refractivity contribution >= 4 is 5.91 Å². The van der Waals surface area contributed by atoms with E-state index in [9.17, 15) is 4.79 Å². The maximum absolute atomic E-state index is 10.8. The van der Waals surface area contributed by atoms with E-state index < -0.39 is 0 Å². The first-order chi connectivity index (χ1) is 4.75. The summed E-state index contributed by atoms with van der Waals surface area (Å²) in [6.45, 7) is 1.76. The van der Waals surface area contributed by atoms with E-state index >= 15 is 0 Å². The fourth-order valence-electron chi connectivity index (χ4n) is 0.960. The predicted molar refractivity (Wildman–Crippen MR) is 36.0 cm³/mol. The monoisotopic (exact) mass is 138 g/mol. The molecule has 1 aliphatic carbocycles. The Kier molecular flexibility index (Phi) is 1.91. The maximum Gasteiger partial charge on any atom is 0.220 e. The third-order valence-corrected chi connectivity index (χ3v) is 1.63. The van der Waals surface area contributed by atoms with Crippen LogP contribution in [-0.2, 0) is 4.79 Å². The number of hydrogen-bond donors (Lipinski definition) is 0. The van der Waals surface area contributed by atoms with Crippen LogP contribution in [0.3, 0.4) is 0 Å². The van der Waals surface area contributed by atoms with E-state index in [2.05, 4.69) is 0 Å². The Bertz CT molecular complexity index is 179. The lowest BCUT2D eigenvalue weighted by Crippen LogP contribution is -2.31. The number of amides is 1. The molecule has 1 fully saturated rings. The largest absolute Gasteiger partial charge is 0.327 e. The molecule has 54 valence electrons. The number of carbonyl (C=O) groups is 1. The van der Waals surface area contributed by atoms with Crippen molar-refractivity contribution in [2.24, 2.45) is 0 Å².